The maximum atomic E-state index is 9.98. The van der Waals surface area contributed by atoms with Crippen LogP contribution in [0.25, 0.3) is 0 Å². The van der Waals surface area contributed by atoms with E-state index in [-0.39, 0.29) is 6.10 Å². The molecule has 0 saturated heterocycles. The van der Waals surface area contributed by atoms with Crippen molar-refractivity contribution in [3.05, 3.63) is 54.6 Å². The molecule has 1 atom stereocenters. The zero-order valence-corrected chi connectivity index (χ0v) is 12.0. The summed E-state index contributed by atoms with van der Waals surface area (Å²) in [7, 11) is 0. The van der Waals surface area contributed by atoms with E-state index < -0.39 is 0 Å². The number of rotatable bonds is 9. The largest absolute Gasteiger partial charge is 0.393 e. The standard InChI is InChI=1S/C17H24N2O/c20-17(11-10-16-7-3-1-4-8-16)9-5-2-6-13-19-14-12-18-15-19/h1,3-4,7-8,12,14-15,17,20H,2,5-6,9-11,13H2. The highest BCUT2D eigenvalue weighted by molar-refractivity contribution is 5.14. The second kappa shape index (κ2) is 8.54. The van der Waals surface area contributed by atoms with Gasteiger partial charge in [-0.05, 0) is 31.2 Å². The van der Waals surface area contributed by atoms with Gasteiger partial charge in [-0.25, -0.2) is 4.98 Å². The van der Waals surface area contributed by atoms with Crippen LogP contribution in [0.15, 0.2) is 49.1 Å². The van der Waals surface area contributed by atoms with Gasteiger partial charge in [0.2, 0.25) is 0 Å². The number of imidazole rings is 1. The van der Waals surface area contributed by atoms with Crippen LogP contribution >= 0.6 is 0 Å². The van der Waals surface area contributed by atoms with E-state index in [0.717, 1.165) is 38.6 Å². The van der Waals surface area contributed by atoms with E-state index in [0.29, 0.717) is 0 Å². The highest BCUT2D eigenvalue weighted by Gasteiger charge is 2.04. The molecule has 1 aromatic carbocycles. The molecule has 0 aliphatic heterocycles. The number of aryl methyl sites for hydroxylation is 2. The van der Waals surface area contributed by atoms with Gasteiger partial charge in [-0.2, -0.15) is 0 Å². The Balaban J connectivity index is 1.51. The molecule has 0 radical (unpaired) electrons. The molecule has 108 valence electrons. The van der Waals surface area contributed by atoms with Crippen LogP contribution < -0.4 is 0 Å². The van der Waals surface area contributed by atoms with Crippen LogP contribution in [0.5, 0.6) is 0 Å². The number of unbranched alkanes of at least 4 members (excludes halogenated alkanes) is 2. The van der Waals surface area contributed by atoms with Crippen LogP contribution in [0.3, 0.4) is 0 Å². The Kier molecular flexibility index (Phi) is 6.32. The highest BCUT2D eigenvalue weighted by Crippen LogP contribution is 2.11. The first kappa shape index (κ1) is 14.8. The second-order valence-electron chi connectivity index (χ2n) is 5.33. The van der Waals surface area contributed by atoms with Crippen LogP contribution in [-0.4, -0.2) is 20.8 Å². The smallest absolute Gasteiger partial charge is 0.0945 e. The molecule has 0 amide bonds. The third-order valence-corrected chi connectivity index (χ3v) is 3.62. The maximum Gasteiger partial charge on any atom is 0.0945 e. The van der Waals surface area contributed by atoms with Crippen molar-refractivity contribution in [1.29, 1.82) is 0 Å². The Labute approximate surface area is 121 Å². The van der Waals surface area contributed by atoms with Crippen molar-refractivity contribution in [3.63, 3.8) is 0 Å². The number of hydrogen-bond acceptors (Lipinski definition) is 2. The average Bonchev–Trinajstić information content (AvgIpc) is 2.99. The first-order valence-corrected chi connectivity index (χ1v) is 7.52. The van der Waals surface area contributed by atoms with Gasteiger partial charge in [0.1, 0.15) is 0 Å². The van der Waals surface area contributed by atoms with Gasteiger partial charge in [0.15, 0.2) is 0 Å². The predicted octanol–water partition coefficient (Wildman–Crippen LogP) is 3.44. The minimum absolute atomic E-state index is 0.163. The van der Waals surface area contributed by atoms with E-state index in [1.54, 1.807) is 0 Å². The van der Waals surface area contributed by atoms with Crippen LogP contribution in [0.1, 0.15) is 37.7 Å². The quantitative estimate of drug-likeness (QED) is 0.710. The van der Waals surface area contributed by atoms with Gasteiger partial charge in [0.25, 0.3) is 0 Å². The minimum Gasteiger partial charge on any atom is -0.393 e. The molecule has 0 bridgehead atoms. The van der Waals surface area contributed by atoms with Gasteiger partial charge in [-0.1, -0.05) is 43.2 Å². The fraction of sp³-hybridized carbons (Fsp3) is 0.471. The van der Waals surface area contributed by atoms with Gasteiger partial charge in [0.05, 0.1) is 12.4 Å². The number of aromatic nitrogens is 2. The van der Waals surface area contributed by atoms with Crippen molar-refractivity contribution in [2.45, 2.75) is 51.2 Å². The van der Waals surface area contributed by atoms with Crippen molar-refractivity contribution < 1.29 is 5.11 Å². The first-order valence-electron chi connectivity index (χ1n) is 7.52. The Bertz CT molecular complexity index is 453. The fourth-order valence-corrected chi connectivity index (χ4v) is 2.39. The predicted molar refractivity (Wildman–Crippen MR) is 81.5 cm³/mol. The van der Waals surface area contributed by atoms with Crippen molar-refractivity contribution >= 4 is 0 Å². The van der Waals surface area contributed by atoms with E-state index in [4.69, 9.17) is 0 Å². The number of aliphatic hydroxyl groups is 1. The molecule has 0 spiro atoms. The van der Waals surface area contributed by atoms with Crippen LogP contribution in [0, 0.1) is 0 Å². The van der Waals surface area contributed by atoms with Crippen LogP contribution in [-0.2, 0) is 13.0 Å². The summed E-state index contributed by atoms with van der Waals surface area (Å²) in [5.74, 6) is 0. The van der Waals surface area contributed by atoms with Crippen LogP contribution in [0.2, 0.25) is 0 Å². The number of benzene rings is 1. The van der Waals surface area contributed by atoms with Crippen molar-refractivity contribution in [2.75, 3.05) is 0 Å². The summed E-state index contributed by atoms with van der Waals surface area (Å²) >= 11 is 0. The van der Waals surface area contributed by atoms with Gasteiger partial charge in [-0.15, -0.1) is 0 Å². The van der Waals surface area contributed by atoms with E-state index in [9.17, 15) is 5.11 Å². The lowest BCUT2D eigenvalue weighted by atomic mass is 10.0. The Hall–Kier alpha value is -1.61. The fourth-order valence-electron chi connectivity index (χ4n) is 2.39. The minimum atomic E-state index is -0.163. The molecule has 1 aromatic heterocycles. The van der Waals surface area contributed by atoms with Gasteiger partial charge in [0, 0.05) is 18.9 Å². The summed E-state index contributed by atoms with van der Waals surface area (Å²) in [6.07, 6.45) is 11.7. The third kappa shape index (κ3) is 5.57. The normalized spacial score (nSPS) is 12.4. The average molecular weight is 272 g/mol. The van der Waals surface area contributed by atoms with Crippen molar-refractivity contribution in [2.24, 2.45) is 0 Å². The van der Waals surface area contributed by atoms with Crippen molar-refractivity contribution in [1.82, 2.24) is 9.55 Å². The molecular weight excluding hydrogens is 248 g/mol. The summed E-state index contributed by atoms with van der Waals surface area (Å²) < 4.78 is 2.10. The van der Waals surface area contributed by atoms with Gasteiger partial charge >= 0.3 is 0 Å². The molecule has 20 heavy (non-hydrogen) atoms. The summed E-state index contributed by atoms with van der Waals surface area (Å²) in [5.41, 5.74) is 1.31. The molecule has 3 heteroatoms. The molecule has 0 saturated carbocycles. The van der Waals surface area contributed by atoms with E-state index in [1.165, 1.54) is 12.0 Å². The monoisotopic (exact) mass is 272 g/mol. The molecule has 2 aromatic rings. The topological polar surface area (TPSA) is 38.0 Å². The maximum absolute atomic E-state index is 9.98. The molecule has 0 aliphatic rings. The molecule has 1 unspecified atom stereocenters. The molecule has 3 nitrogen and oxygen atoms in total. The van der Waals surface area contributed by atoms with Gasteiger partial charge < -0.3 is 9.67 Å². The number of nitrogens with zero attached hydrogens (tertiary/aromatic N) is 2. The molecular formula is C17H24N2O. The molecule has 1 heterocycles. The van der Waals surface area contributed by atoms with E-state index >= 15 is 0 Å². The summed E-state index contributed by atoms with van der Waals surface area (Å²) in [4.78, 5) is 4.03. The lowest BCUT2D eigenvalue weighted by Gasteiger charge is -2.10. The number of hydrogen-bond donors (Lipinski definition) is 1. The van der Waals surface area contributed by atoms with E-state index in [1.807, 2.05) is 24.8 Å². The Morgan fingerprint density at radius 2 is 1.90 bits per heavy atom. The molecule has 0 aliphatic carbocycles. The van der Waals surface area contributed by atoms with Gasteiger partial charge in [-0.3, -0.25) is 0 Å². The summed E-state index contributed by atoms with van der Waals surface area (Å²) in [5, 5.41) is 9.98. The summed E-state index contributed by atoms with van der Waals surface area (Å²) in [6.45, 7) is 1.03. The highest BCUT2D eigenvalue weighted by atomic mass is 16.3. The lowest BCUT2D eigenvalue weighted by molar-refractivity contribution is 0.151. The van der Waals surface area contributed by atoms with E-state index in [2.05, 4.69) is 33.8 Å². The Morgan fingerprint density at radius 1 is 1.05 bits per heavy atom. The number of aliphatic hydroxyl groups excluding tert-OH is 1. The molecule has 0 fully saturated rings. The van der Waals surface area contributed by atoms with Crippen LogP contribution in [0.4, 0.5) is 0 Å². The van der Waals surface area contributed by atoms with Crippen molar-refractivity contribution in [3.8, 4) is 0 Å². The zero-order chi connectivity index (χ0) is 14.0. The molecule has 2 rings (SSSR count). The summed E-state index contributed by atoms with van der Waals surface area (Å²) in [6, 6.07) is 10.4. The molecule has 1 N–H and O–H groups in total. The SMILES string of the molecule is OC(CCCCCn1ccnc1)CCc1ccccc1. The zero-order valence-electron chi connectivity index (χ0n) is 12.0. The third-order valence-electron chi connectivity index (χ3n) is 3.62. The second-order valence-corrected chi connectivity index (χ2v) is 5.33. The Morgan fingerprint density at radius 3 is 2.65 bits per heavy atom. The first-order chi connectivity index (χ1) is 9.84. The lowest BCUT2D eigenvalue weighted by Crippen LogP contribution is -2.08.